The average molecular weight is 330 g/mol. The number of thiophene rings is 1. The molecule has 0 saturated carbocycles. The minimum absolute atomic E-state index is 0.0460. The van der Waals surface area contributed by atoms with Crippen LogP contribution >= 0.6 is 11.3 Å². The molecule has 6 heteroatoms. The first-order valence-corrected chi connectivity index (χ1v) is 7.70. The topological polar surface area (TPSA) is 68.9 Å². The number of ether oxygens (including phenoxy) is 2. The minimum Gasteiger partial charge on any atom is -0.504 e. The van der Waals surface area contributed by atoms with Gasteiger partial charge in [0, 0.05) is 0 Å². The molecule has 0 saturated heterocycles. The number of furan rings is 1. The molecular formula is C17H14O5S. The Bertz CT molecular complexity index is 874. The summed E-state index contributed by atoms with van der Waals surface area (Å²) in [4.78, 5) is 12.6. The van der Waals surface area contributed by atoms with Gasteiger partial charge in [-0.2, -0.15) is 11.3 Å². The number of carbonyl (C=O) groups is 1. The number of fused-ring (bicyclic) bond motifs is 1. The summed E-state index contributed by atoms with van der Waals surface area (Å²) in [6, 6.07) is 3.56. The Morgan fingerprint density at radius 3 is 2.70 bits per heavy atom. The highest BCUT2D eigenvalue weighted by atomic mass is 32.1. The molecule has 0 unspecified atom stereocenters. The Morgan fingerprint density at radius 2 is 2.04 bits per heavy atom. The summed E-state index contributed by atoms with van der Waals surface area (Å²) >= 11 is 1.54. The second kappa shape index (κ2) is 6.18. The van der Waals surface area contributed by atoms with Crippen molar-refractivity contribution in [1.82, 2.24) is 0 Å². The first kappa shape index (κ1) is 15.2. The van der Waals surface area contributed by atoms with Gasteiger partial charge in [-0.1, -0.05) is 6.08 Å². The number of rotatable bonds is 5. The van der Waals surface area contributed by atoms with Crippen molar-refractivity contribution < 1.29 is 23.8 Å². The molecule has 118 valence electrons. The van der Waals surface area contributed by atoms with Crippen molar-refractivity contribution in [2.75, 3.05) is 14.2 Å². The van der Waals surface area contributed by atoms with E-state index >= 15 is 0 Å². The van der Waals surface area contributed by atoms with Gasteiger partial charge in [0.15, 0.2) is 17.1 Å². The van der Waals surface area contributed by atoms with Gasteiger partial charge in [-0.05, 0) is 34.5 Å². The summed E-state index contributed by atoms with van der Waals surface area (Å²) in [7, 11) is 2.84. The molecule has 2 heterocycles. The van der Waals surface area contributed by atoms with Crippen molar-refractivity contribution >= 4 is 34.2 Å². The number of benzene rings is 1. The third kappa shape index (κ3) is 2.57. The van der Waals surface area contributed by atoms with Crippen LogP contribution in [-0.4, -0.2) is 25.1 Å². The molecule has 1 N–H and O–H groups in total. The third-order valence-electron chi connectivity index (χ3n) is 3.42. The van der Waals surface area contributed by atoms with Crippen LogP contribution < -0.4 is 9.47 Å². The Labute approximate surface area is 136 Å². The molecule has 0 bridgehead atoms. The van der Waals surface area contributed by atoms with Gasteiger partial charge in [-0.15, -0.1) is 0 Å². The lowest BCUT2D eigenvalue weighted by Crippen LogP contribution is -2.02. The van der Waals surface area contributed by atoms with E-state index in [1.165, 1.54) is 37.9 Å². The summed E-state index contributed by atoms with van der Waals surface area (Å²) < 4.78 is 15.8. The van der Waals surface area contributed by atoms with E-state index in [1.807, 2.05) is 16.8 Å². The summed E-state index contributed by atoms with van der Waals surface area (Å²) in [5.41, 5.74) is 1.29. The monoisotopic (exact) mass is 330 g/mol. The van der Waals surface area contributed by atoms with Gasteiger partial charge in [0.05, 0.1) is 25.9 Å². The van der Waals surface area contributed by atoms with Crippen molar-refractivity contribution in [3.05, 3.63) is 46.4 Å². The van der Waals surface area contributed by atoms with Crippen molar-refractivity contribution in [2.45, 2.75) is 0 Å². The molecule has 3 rings (SSSR count). The van der Waals surface area contributed by atoms with Gasteiger partial charge in [0.1, 0.15) is 11.3 Å². The number of ketones is 1. The van der Waals surface area contributed by atoms with Crippen LogP contribution in [0.15, 0.2) is 39.6 Å². The lowest BCUT2D eigenvalue weighted by Gasteiger charge is -2.12. The summed E-state index contributed by atoms with van der Waals surface area (Å²) in [6.07, 6.45) is 4.53. The molecular weight excluding hydrogens is 316 g/mol. The second-order valence-corrected chi connectivity index (χ2v) is 5.49. The van der Waals surface area contributed by atoms with Crippen LogP contribution in [0.2, 0.25) is 0 Å². The minimum atomic E-state index is -0.382. The maximum Gasteiger partial charge on any atom is 0.205 e. The predicted molar refractivity (Wildman–Crippen MR) is 88.7 cm³/mol. The van der Waals surface area contributed by atoms with Crippen LogP contribution in [0.1, 0.15) is 15.9 Å². The quantitative estimate of drug-likeness (QED) is 0.563. The number of carbonyl (C=O) groups excluding carboxylic acids is 1. The standard InChI is InChI=1S/C17H14O5S/c1-20-15-11-5-7-22-16(11)17(21-2)14(19)13(15)12(18)4-3-10-6-8-23-9-10/h3-9,19H,1-2H3/b4-3+. The SMILES string of the molecule is COc1c(C(=O)/C=C/c2ccsc2)c(O)c(OC)c2occc12. The highest BCUT2D eigenvalue weighted by Crippen LogP contribution is 2.45. The van der Waals surface area contributed by atoms with Gasteiger partial charge in [-0.25, -0.2) is 0 Å². The van der Waals surface area contributed by atoms with Crippen LogP contribution in [0.25, 0.3) is 17.0 Å². The molecule has 0 atom stereocenters. The Kier molecular flexibility index (Phi) is 4.08. The van der Waals surface area contributed by atoms with Crippen LogP contribution in [0.5, 0.6) is 17.2 Å². The zero-order valence-corrected chi connectivity index (χ0v) is 13.3. The van der Waals surface area contributed by atoms with Crippen LogP contribution in [-0.2, 0) is 0 Å². The lowest BCUT2D eigenvalue weighted by molar-refractivity contribution is 0.104. The molecule has 0 aliphatic rings. The van der Waals surface area contributed by atoms with E-state index in [1.54, 1.807) is 12.1 Å². The lowest BCUT2D eigenvalue weighted by atomic mass is 10.0. The molecule has 3 aromatic rings. The number of hydrogen-bond donors (Lipinski definition) is 1. The highest BCUT2D eigenvalue weighted by molar-refractivity contribution is 7.08. The van der Waals surface area contributed by atoms with Crippen LogP contribution in [0, 0.1) is 0 Å². The first-order chi connectivity index (χ1) is 11.2. The van der Waals surface area contributed by atoms with Crippen LogP contribution in [0.4, 0.5) is 0 Å². The summed E-state index contributed by atoms with van der Waals surface area (Å²) in [5, 5.41) is 14.8. The Balaban J connectivity index is 2.15. The zero-order valence-electron chi connectivity index (χ0n) is 12.5. The molecule has 0 aliphatic carbocycles. The van der Waals surface area contributed by atoms with Crippen molar-refractivity contribution in [3.8, 4) is 17.2 Å². The van der Waals surface area contributed by atoms with E-state index in [0.29, 0.717) is 11.0 Å². The molecule has 0 fully saturated rings. The van der Waals surface area contributed by atoms with Gasteiger partial charge < -0.3 is 19.0 Å². The van der Waals surface area contributed by atoms with E-state index in [0.717, 1.165) is 5.56 Å². The largest absolute Gasteiger partial charge is 0.504 e. The van der Waals surface area contributed by atoms with Crippen molar-refractivity contribution in [1.29, 1.82) is 0 Å². The number of methoxy groups -OCH3 is 2. The van der Waals surface area contributed by atoms with Crippen molar-refractivity contribution in [3.63, 3.8) is 0 Å². The Morgan fingerprint density at radius 1 is 1.26 bits per heavy atom. The van der Waals surface area contributed by atoms with Gasteiger partial charge in [-0.3, -0.25) is 4.79 Å². The fraction of sp³-hybridized carbons (Fsp3) is 0.118. The molecule has 23 heavy (non-hydrogen) atoms. The fourth-order valence-electron chi connectivity index (χ4n) is 2.38. The van der Waals surface area contributed by atoms with E-state index in [9.17, 15) is 9.90 Å². The maximum absolute atomic E-state index is 12.6. The molecule has 1 aromatic carbocycles. The molecule has 2 aromatic heterocycles. The molecule has 0 radical (unpaired) electrons. The maximum atomic E-state index is 12.6. The molecule has 0 amide bonds. The molecule has 5 nitrogen and oxygen atoms in total. The van der Waals surface area contributed by atoms with Gasteiger partial charge >= 0.3 is 0 Å². The Hall–Kier alpha value is -2.73. The van der Waals surface area contributed by atoms with E-state index in [2.05, 4.69) is 0 Å². The van der Waals surface area contributed by atoms with Crippen molar-refractivity contribution in [2.24, 2.45) is 0 Å². The number of phenolic OH excluding ortho intramolecular Hbond substituents is 1. The van der Waals surface area contributed by atoms with Gasteiger partial charge in [0.2, 0.25) is 5.75 Å². The average Bonchev–Trinajstić information content (AvgIpc) is 3.22. The smallest absolute Gasteiger partial charge is 0.205 e. The second-order valence-electron chi connectivity index (χ2n) is 4.71. The predicted octanol–water partition coefficient (Wildman–Crippen LogP) is 4.11. The van der Waals surface area contributed by atoms with E-state index in [4.69, 9.17) is 13.9 Å². The highest BCUT2D eigenvalue weighted by Gasteiger charge is 2.26. The zero-order chi connectivity index (χ0) is 16.4. The molecule has 0 aliphatic heterocycles. The summed E-state index contributed by atoms with van der Waals surface area (Å²) in [6.45, 7) is 0. The number of phenols is 1. The van der Waals surface area contributed by atoms with Gasteiger partial charge in [0.25, 0.3) is 0 Å². The number of aromatic hydroxyl groups is 1. The van der Waals surface area contributed by atoms with E-state index in [-0.39, 0.29) is 28.6 Å². The molecule has 0 spiro atoms. The fourth-order valence-corrected chi connectivity index (χ4v) is 3.01. The first-order valence-electron chi connectivity index (χ1n) is 6.76. The van der Waals surface area contributed by atoms with E-state index < -0.39 is 0 Å². The summed E-state index contributed by atoms with van der Waals surface area (Å²) in [5.74, 6) is -0.316. The van der Waals surface area contributed by atoms with Crippen LogP contribution in [0.3, 0.4) is 0 Å². The normalized spacial score (nSPS) is 11.2. The third-order valence-corrected chi connectivity index (χ3v) is 4.12. The number of hydrogen-bond acceptors (Lipinski definition) is 6. The number of allylic oxidation sites excluding steroid dienone is 1.